The highest BCUT2D eigenvalue weighted by atomic mass is 35.5. The fourth-order valence-electron chi connectivity index (χ4n) is 1.62. The summed E-state index contributed by atoms with van der Waals surface area (Å²) >= 11 is 5.84. The summed E-state index contributed by atoms with van der Waals surface area (Å²) in [7, 11) is -3.43. The summed E-state index contributed by atoms with van der Waals surface area (Å²) in [4.78, 5) is 3.90. The van der Waals surface area contributed by atoms with Crippen LogP contribution in [-0.2, 0) is 10.0 Å². The second-order valence-corrected chi connectivity index (χ2v) is 5.73. The van der Waals surface area contributed by atoms with E-state index in [1.54, 1.807) is 0 Å². The zero-order valence-electron chi connectivity index (χ0n) is 8.06. The van der Waals surface area contributed by atoms with Gasteiger partial charge in [-0.3, -0.25) is 4.98 Å². The summed E-state index contributed by atoms with van der Waals surface area (Å²) in [6.07, 6.45) is 4.61. The molecule has 0 aliphatic carbocycles. The Kier molecular flexibility index (Phi) is 2.95. The molecule has 1 saturated heterocycles. The number of sulfonamides is 1. The molecule has 82 valence electrons. The van der Waals surface area contributed by atoms with Crippen LogP contribution in [0.4, 0.5) is 0 Å². The Morgan fingerprint density at radius 3 is 2.60 bits per heavy atom. The minimum atomic E-state index is -3.43. The number of halogens is 1. The maximum atomic E-state index is 12.1. The highest BCUT2D eigenvalue weighted by molar-refractivity contribution is 7.89. The molecule has 2 rings (SSSR count). The predicted octanol–water partition coefficient (Wildman–Crippen LogP) is 1.52. The number of pyridine rings is 1. The summed E-state index contributed by atoms with van der Waals surface area (Å²) in [5.74, 6) is 0. The molecule has 0 bridgehead atoms. The Balaban J connectivity index is 2.41. The summed E-state index contributed by atoms with van der Waals surface area (Å²) < 4.78 is 25.6. The second-order valence-electron chi connectivity index (χ2n) is 3.42. The van der Waals surface area contributed by atoms with E-state index in [0.29, 0.717) is 13.1 Å². The van der Waals surface area contributed by atoms with Gasteiger partial charge in [-0.1, -0.05) is 11.6 Å². The fourth-order valence-corrected chi connectivity index (χ4v) is 3.54. The molecule has 6 heteroatoms. The van der Waals surface area contributed by atoms with Crippen molar-refractivity contribution in [1.82, 2.24) is 9.29 Å². The largest absolute Gasteiger partial charge is 0.263 e. The van der Waals surface area contributed by atoms with Crippen LogP contribution in [0.15, 0.2) is 23.4 Å². The van der Waals surface area contributed by atoms with Gasteiger partial charge in [0.25, 0.3) is 0 Å². The van der Waals surface area contributed by atoms with Crippen molar-refractivity contribution in [1.29, 1.82) is 0 Å². The molecule has 0 atom stereocenters. The Bertz CT molecular complexity index is 455. The third-order valence-electron chi connectivity index (χ3n) is 2.42. The normalized spacial score (nSPS) is 18.2. The van der Waals surface area contributed by atoms with Crippen molar-refractivity contribution in [3.05, 3.63) is 23.5 Å². The second kappa shape index (κ2) is 4.08. The molecule has 0 amide bonds. The number of hydrogen-bond donors (Lipinski definition) is 0. The Morgan fingerprint density at radius 1 is 1.33 bits per heavy atom. The van der Waals surface area contributed by atoms with Crippen LogP contribution in [0, 0.1) is 0 Å². The lowest BCUT2D eigenvalue weighted by molar-refractivity contribution is 0.477. The maximum Gasteiger partial charge on any atom is 0.246 e. The van der Waals surface area contributed by atoms with Gasteiger partial charge in [0.1, 0.15) is 4.90 Å². The van der Waals surface area contributed by atoms with Crippen LogP contribution in [0.1, 0.15) is 12.8 Å². The first kappa shape index (κ1) is 10.9. The van der Waals surface area contributed by atoms with Crippen molar-refractivity contribution < 1.29 is 8.42 Å². The monoisotopic (exact) mass is 246 g/mol. The molecule has 1 aromatic rings. The average Bonchev–Trinajstić information content (AvgIpc) is 2.71. The van der Waals surface area contributed by atoms with Crippen molar-refractivity contribution in [2.75, 3.05) is 13.1 Å². The van der Waals surface area contributed by atoms with Crippen LogP contribution in [0.3, 0.4) is 0 Å². The van der Waals surface area contributed by atoms with Crippen LogP contribution in [0.5, 0.6) is 0 Å². The van der Waals surface area contributed by atoms with Crippen molar-refractivity contribution in [3.63, 3.8) is 0 Å². The maximum absolute atomic E-state index is 12.1. The third-order valence-corrected chi connectivity index (χ3v) is 4.78. The van der Waals surface area contributed by atoms with Gasteiger partial charge in [-0.15, -0.1) is 0 Å². The highest BCUT2D eigenvalue weighted by Gasteiger charge is 2.28. The molecule has 0 spiro atoms. The highest BCUT2D eigenvalue weighted by Crippen LogP contribution is 2.25. The van der Waals surface area contributed by atoms with Crippen LogP contribution < -0.4 is 0 Å². The molecule has 0 N–H and O–H groups in total. The van der Waals surface area contributed by atoms with E-state index in [9.17, 15) is 8.42 Å². The number of aromatic nitrogens is 1. The van der Waals surface area contributed by atoms with Gasteiger partial charge in [-0.2, -0.15) is 4.31 Å². The molecule has 0 radical (unpaired) electrons. The molecule has 1 fully saturated rings. The average molecular weight is 247 g/mol. The molecule has 1 aliphatic heterocycles. The molecule has 2 heterocycles. The molecule has 0 aromatic carbocycles. The number of hydrogen-bond acceptors (Lipinski definition) is 3. The Morgan fingerprint density at radius 2 is 2.00 bits per heavy atom. The van der Waals surface area contributed by atoms with Crippen LogP contribution in [0.2, 0.25) is 5.02 Å². The molecule has 0 unspecified atom stereocenters. The first-order chi connectivity index (χ1) is 7.12. The molecule has 0 saturated carbocycles. The predicted molar refractivity (Wildman–Crippen MR) is 57.2 cm³/mol. The van der Waals surface area contributed by atoms with E-state index in [1.165, 1.54) is 22.8 Å². The smallest absolute Gasteiger partial charge is 0.246 e. The lowest BCUT2D eigenvalue weighted by Gasteiger charge is -2.15. The van der Waals surface area contributed by atoms with Gasteiger partial charge >= 0.3 is 0 Å². The van der Waals surface area contributed by atoms with Crippen LogP contribution >= 0.6 is 11.6 Å². The summed E-state index contributed by atoms with van der Waals surface area (Å²) in [5.41, 5.74) is 0. The van der Waals surface area contributed by atoms with Crippen molar-refractivity contribution >= 4 is 21.6 Å². The lowest BCUT2D eigenvalue weighted by Crippen LogP contribution is -2.28. The molecule has 1 aromatic heterocycles. The minimum absolute atomic E-state index is 0.105. The van der Waals surface area contributed by atoms with Crippen LogP contribution in [0.25, 0.3) is 0 Å². The summed E-state index contributed by atoms with van der Waals surface area (Å²) in [5, 5.41) is 0.233. The molecular weight excluding hydrogens is 236 g/mol. The van der Waals surface area contributed by atoms with Gasteiger partial charge in [0.05, 0.1) is 5.02 Å². The minimum Gasteiger partial charge on any atom is -0.263 e. The fraction of sp³-hybridized carbons (Fsp3) is 0.444. The van der Waals surface area contributed by atoms with E-state index >= 15 is 0 Å². The van der Waals surface area contributed by atoms with Gasteiger partial charge in [-0.25, -0.2) is 8.42 Å². The number of nitrogens with zero attached hydrogens (tertiary/aromatic N) is 2. The zero-order chi connectivity index (χ0) is 10.9. The third kappa shape index (κ3) is 2.00. The molecular formula is C9H11ClN2O2S. The van der Waals surface area contributed by atoms with E-state index in [-0.39, 0.29) is 9.92 Å². The quantitative estimate of drug-likeness (QED) is 0.795. The van der Waals surface area contributed by atoms with Crippen molar-refractivity contribution in [2.24, 2.45) is 0 Å². The van der Waals surface area contributed by atoms with Gasteiger partial charge < -0.3 is 0 Å². The summed E-state index contributed by atoms with van der Waals surface area (Å²) in [6.45, 7) is 1.15. The van der Waals surface area contributed by atoms with Crippen LogP contribution in [-0.4, -0.2) is 30.8 Å². The zero-order valence-corrected chi connectivity index (χ0v) is 9.63. The van der Waals surface area contributed by atoms with Crippen molar-refractivity contribution in [3.8, 4) is 0 Å². The van der Waals surface area contributed by atoms with Gasteiger partial charge in [0, 0.05) is 25.5 Å². The van der Waals surface area contributed by atoms with Gasteiger partial charge in [-0.05, 0) is 18.9 Å². The summed E-state index contributed by atoms with van der Waals surface area (Å²) in [6, 6.07) is 1.49. The molecule has 15 heavy (non-hydrogen) atoms. The SMILES string of the molecule is O=S(=O)(c1cnccc1Cl)N1CCCC1. The molecule has 1 aliphatic rings. The van der Waals surface area contributed by atoms with Gasteiger partial charge in [0.15, 0.2) is 0 Å². The van der Waals surface area contributed by atoms with E-state index in [0.717, 1.165) is 12.8 Å². The first-order valence-electron chi connectivity index (χ1n) is 4.72. The van der Waals surface area contributed by atoms with E-state index in [4.69, 9.17) is 11.6 Å². The lowest BCUT2D eigenvalue weighted by atomic mass is 10.4. The standard InChI is InChI=1S/C9H11ClN2O2S/c10-8-3-4-11-7-9(8)15(13,14)12-5-1-2-6-12/h3-4,7H,1-2,5-6H2. The van der Waals surface area contributed by atoms with E-state index in [2.05, 4.69) is 4.98 Å². The van der Waals surface area contributed by atoms with Gasteiger partial charge in [0.2, 0.25) is 10.0 Å². The topological polar surface area (TPSA) is 50.3 Å². The number of rotatable bonds is 2. The molecule has 4 nitrogen and oxygen atoms in total. The first-order valence-corrected chi connectivity index (χ1v) is 6.54. The van der Waals surface area contributed by atoms with E-state index < -0.39 is 10.0 Å². The Labute approximate surface area is 93.9 Å². The van der Waals surface area contributed by atoms with E-state index in [1.807, 2.05) is 0 Å². The Hall–Kier alpha value is -0.650. The van der Waals surface area contributed by atoms with Crippen molar-refractivity contribution in [2.45, 2.75) is 17.7 Å².